The van der Waals surface area contributed by atoms with Gasteiger partial charge in [-0.3, -0.25) is 9.69 Å². The fourth-order valence-electron chi connectivity index (χ4n) is 3.83. The fraction of sp³-hybridized carbons (Fsp3) is 0.500. The lowest BCUT2D eigenvalue weighted by atomic mass is 9.82. The SMILES string of the molecule is O=C(NCCN1CCNCC1)C1CC=CCC1c1nc2ccccc2s1. The number of rotatable bonds is 5. The normalized spacial score (nSPS) is 24.0. The maximum Gasteiger partial charge on any atom is 0.224 e. The predicted molar refractivity (Wildman–Crippen MR) is 107 cm³/mol. The molecule has 6 heteroatoms. The number of para-hydroxylation sites is 1. The summed E-state index contributed by atoms with van der Waals surface area (Å²) in [6.45, 7) is 5.88. The topological polar surface area (TPSA) is 57.3 Å². The van der Waals surface area contributed by atoms with Crippen molar-refractivity contribution in [2.45, 2.75) is 18.8 Å². The Bertz CT molecular complexity index is 748. The third kappa shape index (κ3) is 3.98. The van der Waals surface area contributed by atoms with Crippen LogP contribution in [-0.2, 0) is 4.79 Å². The van der Waals surface area contributed by atoms with Crippen LogP contribution in [0.4, 0.5) is 0 Å². The summed E-state index contributed by atoms with van der Waals surface area (Å²) in [5.41, 5.74) is 1.04. The molecule has 5 nitrogen and oxygen atoms in total. The van der Waals surface area contributed by atoms with Crippen LogP contribution < -0.4 is 10.6 Å². The van der Waals surface area contributed by atoms with Gasteiger partial charge in [-0.2, -0.15) is 0 Å². The van der Waals surface area contributed by atoms with Crippen LogP contribution in [0.2, 0.25) is 0 Å². The molecule has 0 radical (unpaired) electrons. The van der Waals surface area contributed by atoms with Gasteiger partial charge in [0, 0.05) is 45.2 Å². The standard InChI is InChI=1S/C20H26N4OS/c25-19(22-11-14-24-12-9-21-10-13-24)15-5-1-2-6-16(15)20-23-17-7-3-4-8-18(17)26-20/h1-4,7-8,15-16,21H,5-6,9-14H2,(H,22,25). The number of carbonyl (C=O) groups excluding carboxylic acids is 1. The van der Waals surface area contributed by atoms with Crippen LogP contribution in [0.15, 0.2) is 36.4 Å². The van der Waals surface area contributed by atoms with Gasteiger partial charge in [0.25, 0.3) is 0 Å². The van der Waals surface area contributed by atoms with E-state index in [9.17, 15) is 4.79 Å². The minimum Gasteiger partial charge on any atom is -0.355 e. The fourth-order valence-corrected chi connectivity index (χ4v) is 4.97. The van der Waals surface area contributed by atoms with Gasteiger partial charge >= 0.3 is 0 Å². The molecule has 0 bridgehead atoms. The predicted octanol–water partition coefficient (Wildman–Crippen LogP) is 2.37. The van der Waals surface area contributed by atoms with Gasteiger partial charge in [0.1, 0.15) is 0 Å². The summed E-state index contributed by atoms with van der Waals surface area (Å²) < 4.78 is 1.20. The van der Waals surface area contributed by atoms with Crippen molar-refractivity contribution in [3.63, 3.8) is 0 Å². The average molecular weight is 371 g/mol. The van der Waals surface area contributed by atoms with Gasteiger partial charge in [0.15, 0.2) is 0 Å². The van der Waals surface area contributed by atoms with Crippen molar-refractivity contribution in [2.24, 2.45) is 5.92 Å². The van der Waals surface area contributed by atoms with Crippen molar-refractivity contribution in [1.82, 2.24) is 20.5 Å². The van der Waals surface area contributed by atoms with Crippen molar-refractivity contribution in [1.29, 1.82) is 0 Å². The van der Waals surface area contributed by atoms with E-state index in [0.717, 1.165) is 62.6 Å². The molecule has 1 aliphatic carbocycles. The maximum atomic E-state index is 12.8. The quantitative estimate of drug-likeness (QED) is 0.794. The number of hydrogen-bond donors (Lipinski definition) is 2. The van der Waals surface area contributed by atoms with E-state index in [4.69, 9.17) is 4.98 Å². The second kappa shape index (κ2) is 8.29. The molecule has 2 heterocycles. The first-order valence-corrected chi connectivity index (χ1v) is 10.3. The molecule has 1 fully saturated rings. The Labute approximate surface area is 158 Å². The molecule has 1 aromatic heterocycles. The van der Waals surface area contributed by atoms with Crippen LogP contribution in [0.5, 0.6) is 0 Å². The van der Waals surface area contributed by atoms with Gasteiger partial charge in [0.2, 0.25) is 5.91 Å². The van der Waals surface area contributed by atoms with Crippen LogP contribution in [0, 0.1) is 5.92 Å². The number of piperazine rings is 1. The van der Waals surface area contributed by atoms with E-state index in [1.807, 2.05) is 12.1 Å². The molecule has 1 aliphatic heterocycles. The van der Waals surface area contributed by atoms with Gasteiger partial charge in [-0.05, 0) is 25.0 Å². The minimum atomic E-state index is -0.0106. The third-order valence-corrected chi connectivity index (χ3v) is 6.50. The number of benzene rings is 1. The summed E-state index contributed by atoms with van der Waals surface area (Å²) >= 11 is 1.73. The highest BCUT2D eigenvalue weighted by Crippen LogP contribution is 2.38. The Kier molecular flexibility index (Phi) is 5.62. The summed E-state index contributed by atoms with van der Waals surface area (Å²) in [6, 6.07) is 8.23. The minimum absolute atomic E-state index is 0.0106. The largest absolute Gasteiger partial charge is 0.355 e. The number of thiazole rings is 1. The average Bonchev–Trinajstić information content (AvgIpc) is 3.13. The van der Waals surface area contributed by atoms with Gasteiger partial charge in [-0.1, -0.05) is 24.3 Å². The highest BCUT2D eigenvalue weighted by Gasteiger charge is 2.32. The molecule has 2 N–H and O–H groups in total. The highest BCUT2D eigenvalue weighted by atomic mass is 32.1. The van der Waals surface area contributed by atoms with Crippen LogP contribution in [-0.4, -0.2) is 55.1 Å². The third-order valence-electron chi connectivity index (χ3n) is 5.33. The number of allylic oxidation sites excluding steroid dienone is 2. The number of nitrogens with zero attached hydrogens (tertiary/aromatic N) is 2. The molecule has 26 heavy (non-hydrogen) atoms. The van der Waals surface area contributed by atoms with E-state index in [0.29, 0.717) is 0 Å². The lowest BCUT2D eigenvalue weighted by Gasteiger charge is -2.29. The van der Waals surface area contributed by atoms with Crippen molar-refractivity contribution < 1.29 is 4.79 Å². The molecule has 0 saturated carbocycles. The molecule has 1 saturated heterocycles. The zero-order valence-electron chi connectivity index (χ0n) is 15.0. The summed E-state index contributed by atoms with van der Waals surface area (Å²) in [5, 5.41) is 7.63. The molecule has 2 atom stereocenters. The van der Waals surface area contributed by atoms with Crippen molar-refractivity contribution in [3.8, 4) is 0 Å². The van der Waals surface area contributed by atoms with Gasteiger partial charge in [0.05, 0.1) is 21.1 Å². The second-order valence-electron chi connectivity index (χ2n) is 7.06. The molecule has 1 aromatic carbocycles. The first kappa shape index (κ1) is 17.6. The molecule has 2 aliphatic rings. The van der Waals surface area contributed by atoms with Crippen LogP contribution >= 0.6 is 11.3 Å². The van der Waals surface area contributed by atoms with E-state index >= 15 is 0 Å². The molecule has 1 amide bonds. The van der Waals surface area contributed by atoms with Gasteiger partial charge in [-0.25, -0.2) is 4.98 Å². The number of carbonyl (C=O) groups is 1. The number of amides is 1. The Morgan fingerprint density at radius 3 is 2.88 bits per heavy atom. The Morgan fingerprint density at radius 1 is 1.23 bits per heavy atom. The number of fused-ring (bicyclic) bond motifs is 1. The Hall–Kier alpha value is -1.76. The van der Waals surface area contributed by atoms with Crippen LogP contribution in [0.1, 0.15) is 23.8 Å². The Morgan fingerprint density at radius 2 is 2.04 bits per heavy atom. The first-order chi connectivity index (χ1) is 12.8. The lowest BCUT2D eigenvalue weighted by Crippen LogP contribution is -2.47. The molecule has 138 valence electrons. The summed E-state index contributed by atoms with van der Waals surface area (Å²) in [5.74, 6) is 0.355. The van der Waals surface area contributed by atoms with Crippen LogP contribution in [0.3, 0.4) is 0 Å². The van der Waals surface area contributed by atoms with E-state index in [-0.39, 0.29) is 17.7 Å². The monoisotopic (exact) mass is 370 g/mol. The summed E-state index contributed by atoms with van der Waals surface area (Å²) in [4.78, 5) is 20.1. The van der Waals surface area contributed by atoms with E-state index in [1.165, 1.54) is 4.70 Å². The van der Waals surface area contributed by atoms with E-state index < -0.39 is 0 Å². The smallest absolute Gasteiger partial charge is 0.224 e. The molecular formula is C20H26N4OS. The molecule has 0 spiro atoms. The molecule has 4 rings (SSSR count). The lowest BCUT2D eigenvalue weighted by molar-refractivity contribution is -0.125. The number of hydrogen-bond acceptors (Lipinski definition) is 5. The van der Waals surface area contributed by atoms with Gasteiger partial charge < -0.3 is 10.6 Å². The van der Waals surface area contributed by atoms with E-state index in [2.05, 4.69) is 39.8 Å². The van der Waals surface area contributed by atoms with Crippen molar-refractivity contribution in [3.05, 3.63) is 41.4 Å². The van der Waals surface area contributed by atoms with Crippen molar-refractivity contribution in [2.75, 3.05) is 39.3 Å². The molecule has 2 aromatic rings. The first-order valence-electron chi connectivity index (χ1n) is 9.52. The second-order valence-corrected chi connectivity index (χ2v) is 8.12. The van der Waals surface area contributed by atoms with Crippen molar-refractivity contribution >= 4 is 27.5 Å². The molecular weight excluding hydrogens is 344 g/mol. The zero-order valence-corrected chi connectivity index (χ0v) is 15.8. The van der Waals surface area contributed by atoms with E-state index in [1.54, 1.807) is 11.3 Å². The Balaban J connectivity index is 1.40. The van der Waals surface area contributed by atoms with Crippen LogP contribution in [0.25, 0.3) is 10.2 Å². The number of aromatic nitrogens is 1. The summed E-state index contributed by atoms with van der Waals surface area (Å²) in [6.07, 6.45) is 6.04. The van der Waals surface area contributed by atoms with Gasteiger partial charge in [-0.15, -0.1) is 11.3 Å². The summed E-state index contributed by atoms with van der Waals surface area (Å²) in [7, 11) is 0. The number of nitrogens with one attached hydrogen (secondary N) is 2. The maximum absolute atomic E-state index is 12.8. The zero-order chi connectivity index (χ0) is 17.8. The molecule has 2 unspecified atom stereocenters. The highest BCUT2D eigenvalue weighted by molar-refractivity contribution is 7.18.